The van der Waals surface area contributed by atoms with Crippen molar-refractivity contribution in [3.63, 3.8) is 0 Å². The lowest BCUT2D eigenvalue weighted by atomic mass is 9.66. The van der Waals surface area contributed by atoms with E-state index in [1.165, 1.54) is 0 Å². The third-order valence-corrected chi connectivity index (χ3v) is 11.8. The number of fused-ring (bicyclic) bond motifs is 3. The van der Waals surface area contributed by atoms with Gasteiger partial charge in [-0.3, -0.25) is 9.59 Å². The summed E-state index contributed by atoms with van der Waals surface area (Å²) in [5, 5.41) is 35.7. The maximum atomic E-state index is 13.8. The Bertz CT molecular complexity index is 1690. The van der Waals surface area contributed by atoms with Gasteiger partial charge in [0.2, 0.25) is 5.91 Å². The van der Waals surface area contributed by atoms with Crippen LogP contribution in [-0.4, -0.2) is 76.1 Å². The molecule has 2 saturated carbocycles. The molecule has 0 spiro atoms. The van der Waals surface area contributed by atoms with Crippen molar-refractivity contribution in [1.29, 1.82) is 5.26 Å². The van der Waals surface area contributed by atoms with Crippen LogP contribution >= 0.6 is 0 Å². The molecule has 2 heterocycles. The number of aromatic nitrogens is 4. The van der Waals surface area contributed by atoms with Gasteiger partial charge in [0.05, 0.1) is 18.0 Å². The Labute approximate surface area is 281 Å². The lowest BCUT2D eigenvalue weighted by Gasteiger charge is -2.39. The number of aryl methyl sites for hydroxylation is 2. The number of amides is 2. The molecule has 3 aromatic rings. The second-order valence-electron chi connectivity index (χ2n) is 14.1. The van der Waals surface area contributed by atoms with E-state index >= 15 is 0 Å². The summed E-state index contributed by atoms with van der Waals surface area (Å²) < 4.78 is 0. The number of benzene rings is 2. The molecule has 3 aliphatic carbocycles. The lowest BCUT2D eigenvalue weighted by Crippen LogP contribution is -2.49. The summed E-state index contributed by atoms with van der Waals surface area (Å²) in [6.45, 7) is 6.57. The molecule has 1 saturated heterocycles. The molecule has 3 unspecified atom stereocenters. The minimum absolute atomic E-state index is 0.00196. The Morgan fingerprint density at radius 2 is 1.77 bits per heavy atom. The van der Waals surface area contributed by atoms with E-state index in [2.05, 4.69) is 80.4 Å². The van der Waals surface area contributed by atoms with E-state index in [-0.39, 0.29) is 36.5 Å². The van der Waals surface area contributed by atoms with Gasteiger partial charge in [0, 0.05) is 37.4 Å². The average Bonchev–Trinajstić information content (AvgIpc) is 3.68. The molecule has 2 aromatic carbocycles. The first-order chi connectivity index (χ1) is 23.3. The van der Waals surface area contributed by atoms with Crippen LogP contribution in [0.4, 0.5) is 0 Å². The fourth-order valence-electron chi connectivity index (χ4n) is 9.14. The highest BCUT2D eigenvalue weighted by Crippen LogP contribution is 2.53. The fourth-order valence-corrected chi connectivity index (χ4v) is 9.14. The molecular formula is C37H45N9O2. The molecule has 48 heavy (non-hydrogen) atoms. The van der Waals surface area contributed by atoms with Gasteiger partial charge in [0.15, 0.2) is 5.82 Å². The van der Waals surface area contributed by atoms with Gasteiger partial charge in [-0.25, -0.2) is 0 Å². The number of tetrazole rings is 1. The molecule has 7 rings (SSSR count). The first-order valence-corrected chi connectivity index (χ1v) is 17.3. The number of carbonyl (C=O) groups is 2. The second-order valence-corrected chi connectivity index (χ2v) is 14.1. The Hall–Kier alpha value is -4.56. The van der Waals surface area contributed by atoms with Gasteiger partial charge in [0.1, 0.15) is 6.04 Å². The molecule has 3 fully saturated rings. The highest BCUT2D eigenvalue weighted by atomic mass is 16.2. The van der Waals surface area contributed by atoms with Crippen LogP contribution in [-0.2, 0) is 23.1 Å². The zero-order valence-corrected chi connectivity index (χ0v) is 28.1. The Morgan fingerprint density at radius 1 is 1.08 bits per heavy atom. The number of hydrogen-bond donors (Lipinski definition) is 4. The molecular weight excluding hydrogens is 602 g/mol. The molecule has 2 amide bonds. The maximum Gasteiger partial charge on any atom is 0.251 e. The van der Waals surface area contributed by atoms with E-state index in [4.69, 9.17) is 0 Å². The molecule has 1 aromatic heterocycles. The summed E-state index contributed by atoms with van der Waals surface area (Å²) in [5.41, 5.74) is 6.00. The minimum atomic E-state index is -0.822. The van der Waals surface area contributed by atoms with Crippen molar-refractivity contribution in [1.82, 2.24) is 41.5 Å². The number of nitrogens with one attached hydrogen (secondary N) is 4. The second kappa shape index (κ2) is 12.8. The fraction of sp³-hybridized carbons (Fsp3) is 0.514. The van der Waals surface area contributed by atoms with E-state index in [1.54, 1.807) is 7.05 Å². The van der Waals surface area contributed by atoms with Gasteiger partial charge in [-0.2, -0.15) is 10.5 Å². The van der Waals surface area contributed by atoms with Crippen LogP contribution < -0.4 is 16.0 Å². The molecule has 11 heteroatoms. The number of carbonyl (C=O) groups excluding carboxylic acids is 2. The molecule has 0 radical (unpaired) electrons. The number of hydrogen-bond acceptors (Lipinski definition) is 8. The van der Waals surface area contributed by atoms with Gasteiger partial charge in [-0.1, -0.05) is 49.8 Å². The summed E-state index contributed by atoms with van der Waals surface area (Å²) in [6, 6.07) is 14.6. The molecule has 1 aliphatic heterocycles. The van der Waals surface area contributed by atoms with Crippen LogP contribution in [0.5, 0.6) is 0 Å². The molecule has 4 N–H and O–H groups in total. The van der Waals surface area contributed by atoms with Crippen molar-refractivity contribution >= 4 is 17.5 Å². The predicted molar refractivity (Wildman–Crippen MR) is 182 cm³/mol. The number of piperidine rings is 1. The number of aromatic amines is 1. The van der Waals surface area contributed by atoms with Gasteiger partial charge >= 0.3 is 0 Å². The normalized spacial score (nSPS) is 26.4. The van der Waals surface area contributed by atoms with E-state index in [0.29, 0.717) is 35.6 Å². The third-order valence-electron chi connectivity index (χ3n) is 11.8. The zero-order chi connectivity index (χ0) is 33.6. The van der Waals surface area contributed by atoms with Crippen molar-refractivity contribution in [2.75, 3.05) is 20.6 Å². The van der Waals surface area contributed by atoms with Gasteiger partial charge < -0.3 is 20.9 Å². The van der Waals surface area contributed by atoms with Crippen LogP contribution in [0.3, 0.4) is 0 Å². The van der Waals surface area contributed by atoms with Gasteiger partial charge in [-0.15, -0.1) is 10.2 Å². The van der Waals surface area contributed by atoms with E-state index < -0.39 is 5.41 Å². The van der Waals surface area contributed by atoms with Crippen molar-refractivity contribution in [2.24, 2.45) is 17.8 Å². The summed E-state index contributed by atoms with van der Waals surface area (Å²) in [7, 11) is 3.52. The molecule has 250 valence electrons. The zero-order valence-electron chi connectivity index (χ0n) is 28.1. The van der Waals surface area contributed by atoms with E-state index in [1.807, 2.05) is 24.1 Å². The average molecular weight is 648 g/mol. The van der Waals surface area contributed by atoms with E-state index in [0.717, 1.165) is 78.5 Å². The highest BCUT2D eigenvalue weighted by molar-refractivity contribution is 5.94. The molecule has 6 atom stereocenters. The van der Waals surface area contributed by atoms with Gasteiger partial charge in [0.25, 0.3) is 5.91 Å². The lowest BCUT2D eigenvalue weighted by molar-refractivity contribution is -0.131. The maximum absolute atomic E-state index is 13.8. The van der Waals surface area contributed by atoms with Crippen LogP contribution in [0.15, 0.2) is 43.0 Å². The Balaban J connectivity index is 1.34. The van der Waals surface area contributed by atoms with Crippen LogP contribution in [0.2, 0.25) is 0 Å². The highest BCUT2D eigenvalue weighted by Gasteiger charge is 2.60. The van der Waals surface area contributed by atoms with Gasteiger partial charge in [-0.05, 0) is 102 Å². The Morgan fingerprint density at radius 3 is 2.40 bits per heavy atom. The quantitative estimate of drug-likeness (QED) is 0.261. The van der Waals surface area contributed by atoms with Crippen LogP contribution in [0, 0.1) is 29.1 Å². The Kier molecular flexibility index (Phi) is 8.54. The van der Waals surface area contributed by atoms with Crippen molar-refractivity contribution < 1.29 is 9.59 Å². The van der Waals surface area contributed by atoms with Crippen molar-refractivity contribution in [3.05, 3.63) is 82.2 Å². The largest absolute Gasteiger partial charge is 0.388 e. The van der Waals surface area contributed by atoms with Crippen LogP contribution in [0.25, 0.3) is 5.70 Å². The molecule has 11 nitrogen and oxygen atoms in total. The topological polar surface area (TPSA) is 152 Å². The number of rotatable bonds is 10. The molecule has 0 bridgehead atoms. The van der Waals surface area contributed by atoms with Crippen LogP contribution in [0.1, 0.15) is 89.4 Å². The number of nitriles is 1. The molecule has 4 aliphatic rings. The van der Waals surface area contributed by atoms with E-state index in [9.17, 15) is 14.9 Å². The first kappa shape index (κ1) is 32.0. The first-order valence-electron chi connectivity index (χ1n) is 17.3. The summed E-state index contributed by atoms with van der Waals surface area (Å²) in [6.07, 6.45) is 7.28. The summed E-state index contributed by atoms with van der Waals surface area (Å²) in [5.74, 6) is 1.67. The smallest absolute Gasteiger partial charge is 0.251 e. The predicted octanol–water partition coefficient (Wildman–Crippen LogP) is 3.48. The van der Waals surface area contributed by atoms with Crippen molar-refractivity contribution in [3.8, 4) is 6.07 Å². The number of nitrogens with zero attached hydrogens (tertiary/aromatic N) is 5. The SMILES string of the molecule is C=C(NC)c1ccc2c(c1)CCc1cc(C(=O)NC)ccc1C2(C[C@@H](NCC(=O)N1C(C#N)CC2[C@@H]1[C@H]2C)C1CCCC1)c1nn[nH]n1. The standard InChI is InChI=1S/C37H45N9O2/c1-21-29-17-28(19-38)46(34(21)29)33(47)20-41-32(23-7-5-6-8-23)18-37(36-42-44-45-43-36)30-13-11-24(22(2)39-3)15-25(30)9-10-26-16-27(35(48)40-4)12-14-31(26)37/h11-16,21,23,28-29,32,34,39,41H,2,5-10,17-18,20H2,1,3-4H3,(H,40,48)(H,42,43,44,45)/t21-,28?,29?,32+,34-,37?/m0/s1. The minimum Gasteiger partial charge on any atom is -0.388 e. The summed E-state index contributed by atoms with van der Waals surface area (Å²) in [4.78, 5) is 28.5. The monoisotopic (exact) mass is 647 g/mol. The third kappa shape index (κ3) is 5.36. The van der Waals surface area contributed by atoms with Crippen molar-refractivity contribution in [2.45, 2.75) is 81.8 Å². The summed E-state index contributed by atoms with van der Waals surface area (Å²) >= 11 is 0. The number of H-pyrrole nitrogens is 1. The number of likely N-dealkylation sites (tertiary alicyclic amines) is 1.